The summed E-state index contributed by atoms with van der Waals surface area (Å²) in [7, 11) is 0. The number of benzene rings is 2. The maximum absolute atomic E-state index is 8.63. The van der Waals surface area contributed by atoms with Crippen molar-refractivity contribution in [3.05, 3.63) is 48.0 Å². The molecule has 0 aliphatic carbocycles. The van der Waals surface area contributed by atoms with Crippen LogP contribution in [0.25, 0.3) is 10.8 Å². The van der Waals surface area contributed by atoms with Crippen LogP contribution in [0, 0.1) is 17.4 Å². The highest BCUT2D eigenvalue weighted by Crippen LogP contribution is 2.13. The maximum Gasteiger partial charge on any atom is 0.0991 e. The molecule has 0 amide bonds. The molecule has 0 unspecified atom stereocenters. The van der Waals surface area contributed by atoms with Crippen molar-refractivity contribution in [2.45, 2.75) is 0 Å². The Balaban J connectivity index is 2.78. The van der Waals surface area contributed by atoms with E-state index >= 15 is 0 Å². The molecule has 2 aromatic carbocycles. The van der Waals surface area contributed by atoms with Gasteiger partial charge in [-0.15, -0.1) is 0 Å². The van der Waals surface area contributed by atoms with E-state index in [1.807, 2.05) is 36.4 Å². The van der Waals surface area contributed by atoms with Gasteiger partial charge in [0.05, 0.1) is 11.6 Å². The van der Waals surface area contributed by atoms with E-state index in [9.17, 15) is 0 Å². The predicted octanol–water partition coefficient (Wildman–Crippen LogP) is 2.51. The molecule has 1 heteroatoms. The lowest BCUT2D eigenvalue weighted by molar-refractivity contribution is 1.50. The van der Waals surface area contributed by atoms with Gasteiger partial charge in [0, 0.05) is 0 Å². The van der Waals surface area contributed by atoms with E-state index in [1.165, 1.54) is 0 Å². The molecule has 0 N–H and O–H groups in total. The van der Waals surface area contributed by atoms with Crippen LogP contribution >= 0.6 is 0 Å². The molecular weight excluding hydrogens is 146 g/mol. The van der Waals surface area contributed by atoms with Crippen molar-refractivity contribution in [2.24, 2.45) is 0 Å². The second-order valence-corrected chi connectivity index (χ2v) is 2.58. The molecule has 2 rings (SSSR count). The molecule has 0 aliphatic rings. The van der Waals surface area contributed by atoms with Crippen LogP contribution in [0.4, 0.5) is 0 Å². The second kappa shape index (κ2) is 2.67. The van der Waals surface area contributed by atoms with Gasteiger partial charge in [0.15, 0.2) is 0 Å². The quantitative estimate of drug-likeness (QED) is 0.569. The lowest BCUT2D eigenvalue weighted by atomic mass is 10.1. The van der Waals surface area contributed by atoms with Crippen molar-refractivity contribution in [1.82, 2.24) is 0 Å². The van der Waals surface area contributed by atoms with E-state index in [-0.39, 0.29) is 0 Å². The van der Waals surface area contributed by atoms with Gasteiger partial charge in [-0.3, -0.25) is 0 Å². The normalized spacial score (nSPS) is 9.58. The fourth-order valence-electron chi connectivity index (χ4n) is 1.19. The summed E-state index contributed by atoms with van der Waals surface area (Å²) in [5.41, 5.74) is 0.685. The minimum Gasteiger partial charge on any atom is -0.192 e. The summed E-state index contributed by atoms with van der Waals surface area (Å²) in [5.74, 6) is 0. The molecule has 0 fully saturated rings. The summed E-state index contributed by atoms with van der Waals surface area (Å²) in [6, 6.07) is 16.6. The Kier molecular flexibility index (Phi) is 1.53. The minimum absolute atomic E-state index is 0.685. The minimum atomic E-state index is 0.685. The number of hydrogen-bond donors (Lipinski definition) is 0. The number of fused-ring (bicyclic) bond motifs is 1. The summed E-state index contributed by atoms with van der Waals surface area (Å²) in [6.45, 7) is 0. The van der Waals surface area contributed by atoms with Crippen LogP contribution in [0.15, 0.2) is 36.4 Å². The summed E-state index contributed by atoms with van der Waals surface area (Å²) in [5, 5.41) is 10.8. The van der Waals surface area contributed by atoms with Crippen molar-refractivity contribution < 1.29 is 0 Å². The molecule has 0 atom stereocenters. The molecule has 1 radical (unpaired) electrons. The fourth-order valence-corrected chi connectivity index (χ4v) is 1.19. The number of rotatable bonds is 0. The van der Waals surface area contributed by atoms with Gasteiger partial charge in [-0.2, -0.15) is 5.26 Å². The van der Waals surface area contributed by atoms with E-state index < -0.39 is 0 Å². The lowest BCUT2D eigenvalue weighted by Crippen LogP contribution is -1.75. The standard InChI is InChI=1S/C11H6N/c12-8-9-5-6-10-3-1-2-4-11(10)7-9/h1-3,5-7H. The molecule has 0 heterocycles. The number of hydrogen-bond acceptors (Lipinski definition) is 1. The first kappa shape index (κ1) is 6.87. The van der Waals surface area contributed by atoms with E-state index in [1.54, 1.807) is 0 Å². The first-order valence-corrected chi connectivity index (χ1v) is 3.71. The maximum atomic E-state index is 8.63. The van der Waals surface area contributed by atoms with Gasteiger partial charge in [0.2, 0.25) is 0 Å². The van der Waals surface area contributed by atoms with E-state index in [4.69, 9.17) is 5.26 Å². The molecule has 2 aromatic rings. The van der Waals surface area contributed by atoms with Crippen molar-refractivity contribution in [1.29, 1.82) is 5.26 Å². The molecule has 12 heavy (non-hydrogen) atoms. The molecule has 0 aromatic heterocycles. The number of nitrogens with zero attached hydrogens (tertiary/aromatic N) is 1. The molecule has 0 aliphatic heterocycles. The average Bonchev–Trinajstić information content (AvgIpc) is 2.17. The third-order valence-corrected chi connectivity index (χ3v) is 1.79. The fraction of sp³-hybridized carbons (Fsp3) is 0. The molecule has 0 bridgehead atoms. The highest BCUT2D eigenvalue weighted by atomic mass is 14.2. The Bertz CT molecular complexity index is 452. The molecule has 0 saturated carbocycles. The summed E-state index contributed by atoms with van der Waals surface area (Å²) in [4.78, 5) is 0. The zero-order chi connectivity index (χ0) is 8.39. The van der Waals surface area contributed by atoms with Gasteiger partial charge in [-0.25, -0.2) is 0 Å². The highest BCUT2D eigenvalue weighted by molar-refractivity contribution is 5.83. The van der Waals surface area contributed by atoms with Crippen molar-refractivity contribution >= 4 is 10.8 Å². The molecular formula is C11H6N. The van der Waals surface area contributed by atoms with Gasteiger partial charge >= 0.3 is 0 Å². The van der Waals surface area contributed by atoms with E-state index in [0.717, 1.165) is 10.8 Å². The smallest absolute Gasteiger partial charge is 0.0991 e. The summed E-state index contributed by atoms with van der Waals surface area (Å²) < 4.78 is 0. The Morgan fingerprint density at radius 1 is 1.25 bits per heavy atom. The Hall–Kier alpha value is -1.81. The van der Waals surface area contributed by atoms with Gasteiger partial charge in [-0.1, -0.05) is 24.3 Å². The van der Waals surface area contributed by atoms with Crippen LogP contribution in [-0.2, 0) is 0 Å². The van der Waals surface area contributed by atoms with E-state index in [2.05, 4.69) is 12.1 Å². The van der Waals surface area contributed by atoms with Crippen LogP contribution in [0.1, 0.15) is 5.56 Å². The monoisotopic (exact) mass is 152 g/mol. The third-order valence-electron chi connectivity index (χ3n) is 1.79. The molecule has 1 nitrogen and oxygen atoms in total. The zero-order valence-electron chi connectivity index (χ0n) is 6.41. The molecule has 55 valence electrons. The zero-order valence-corrected chi connectivity index (χ0v) is 6.41. The van der Waals surface area contributed by atoms with E-state index in [0.29, 0.717) is 5.56 Å². The van der Waals surface area contributed by atoms with Gasteiger partial charge < -0.3 is 0 Å². The Morgan fingerprint density at radius 2 is 2.17 bits per heavy atom. The molecule has 0 spiro atoms. The lowest BCUT2D eigenvalue weighted by Gasteiger charge is -1.94. The van der Waals surface area contributed by atoms with Crippen molar-refractivity contribution in [3.8, 4) is 6.07 Å². The van der Waals surface area contributed by atoms with Crippen LogP contribution in [-0.4, -0.2) is 0 Å². The largest absolute Gasteiger partial charge is 0.192 e. The summed E-state index contributed by atoms with van der Waals surface area (Å²) in [6.07, 6.45) is 0. The van der Waals surface area contributed by atoms with Gasteiger partial charge in [0.25, 0.3) is 0 Å². The highest BCUT2D eigenvalue weighted by Gasteiger charge is 1.93. The van der Waals surface area contributed by atoms with Crippen LogP contribution in [0.2, 0.25) is 0 Å². The summed E-state index contributed by atoms with van der Waals surface area (Å²) >= 11 is 0. The third kappa shape index (κ3) is 1.04. The topological polar surface area (TPSA) is 23.8 Å². The van der Waals surface area contributed by atoms with Crippen LogP contribution in [0.3, 0.4) is 0 Å². The van der Waals surface area contributed by atoms with Crippen molar-refractivity contribution in [2.75, 3.05) is 0 Å². The second-order valence-electron chi connectivity index (χ2n) is 2.58. The average molecular weight is 152 g/mol. The Morgan fingerprint density at radius 3 is 3.00 bits per heavy atom. The van der Waals surface area contributed by atoms with Gasteiger partial charge in [0.1, 0.15) is 0 Å². The Labute approximate surface area is 70.9 Å². The first-order chi connectivity index (χ1) is 5.90. The van der Waals surface area contributed by atoms with Gasteiger partial charge in [-0.05, 0) is 29.0 Å². The van der Waals surface area contributed by atoms with Crippen LogP contribution < -0.4 is 0 Å². The predicted molar refractivity (Wildman–Crippen MR) is 47.5 cm³/mol. The number of nitriles is 1. The first-order valence-electron chi connectivity index (χ1n) is 3.71. The van der Waals surface area contributed by atoms with Crippen LogP contribution in [0.5, 0.6) is 0 Å². The van der Waals surface area contributed by atoms with Crippen molar-refractivity contribution in [3.63, 3.8) is 0 Å². The molecule has 0 saturated heterocycles. The SMILES string of the molecule is N#Cc1ccc2ccc[c]c2c1.